The zero-order valence-electron chi connectivity index (χ0n) is 18.1. The summed E-state index contributed by atoms with van der Waals surface area (Å²) in [6, 6.07) is 12.7. The molecule has 0 fully saturated rings. The SMILES string of the molecule is CCOC(=O)[C@H](C)n1cc(C=Nn2c(CC)nc3ccc(Br)cc3c2=O)c2ccccc21. The van der Waals surface area contributed by atoms with E-state index >= 15 is 0 Å². The van der Waals surface area contributed by atoms with E-state index in [4.69, 9.17) is 4.74 Å². The lowest BCUT2D eigenvalue weighted by molar-refractivity contribution is -0.146. The molecule has 0 unspecified atom stereocenters. The quantitative estimate of drug-likeness (QED) is 0.288. The molecule has 1 atom stereocenters. The number of aromatic nitrogens is 3. The molecule has 0 saturated heterocycles. The van der Waals surface area contributed by atoms with E-state index in [9.17, 15) is 9.59 Å². The summed E-state index contributed by atoms with van der Waals surface area (Å²) in [6.45, 7) is 5.85. The van der Waals surface area contributed by atoms with Gasteiger partial charge in [-0.2, -0.15) is 9.78 Å². The largest absolute Gasteiger partial charge is 0.464 e. The number of hydrogen-bond acceptors (Lipinski definition) is 5. The van der Waals surface area contributed by atoms with E-state index in [1.807, 2.05) is 54.1 Å². The van der Waals surface area contributed by atoms with Crippen LogP contribution in [0.15, 0.2) is 63.0 Å². The van der Waals surface area contributed by atoms with Crippen LogP contribution in [0.2, 0.25) is 0 Å². The molecule has 0 spiro atoms. The highest BCUT2D eigenvalue weighted by molar-refractivity contribution is 9.10. The van der Waals surface area contributed by atoms with Crippen LogP contribution in [-0.4, -0.2) is 33.0 Å². The fourth-order valence-corrected chi connectivity index (χ4v) is 4.06. The van der Waals surface area contributed by atoms with Gasteiger partial charge in [0.2, 0.25) is 0 Å². The van der Waals surface area contributed by atoms with Crippen LogP contribution in [0.5, 0.6) is 0 Å². The van der Waals surface area contributed by atoms with Gasteiger partial charge in [0.1, 0.15) is 11.9 Å². The van der Waals surface area contributed by atoms with Gasteiger partial charge in [0.15, 0.2) is 0 Å². The highest BCUT2D eigenvalue weighted by Gasteiger charge is 2.19. The Hall–Kier alpha value is -3.26. The van der Waals surface area contributed by atoms with Crippen LogP contribution in [-0.2, 0) is 16.0 Å². The van der Waals surface area contributed by atoms with Crippen LogP contribution in [0, 0.1) is 0 Å². The number of benzene rings is 2. The number of nitrogens with zero attached hydrogens (tertiary/aromatic N) is 4. The van der Waals surface area contributed by atoms with Crippen molar-refractivity contribution in [3.8, 4) is 0 Å². The molecule has 0 saturated carbocycles. The normalized spacial score (nSPS) is 12.6. The molecule has 0 aliphatic heterocycles. The van der Waals surface area contributed by atoms with Crippen LogP contribution >= 0.6 is 15.9 Å². The van der Waals surface area contributed by atoms with Gasteiger partial charge in [-0.05, 0) is 38.1 Å². The summed E-state index contributed by atoms with van der Waals surface area (Å²) in [6.07, 6.45) is 4.06. The second-order valence-corrected chi connectivity index (χ2v) is 8.26. The van der Waals surface area contributed by atoms with Gasteiger partial charge in [-0.3, -0.25) is 4.79 Å². The van der Waals surface area contributed by atoms with Crippen LogP contribution in [0.4, 0.5) is 0 Å². The minimum absolute atomic E-state index is 0.229. The number of carbonyl (C=O) groups is 1. The van der Waals surface area contributed by atoms with Gasteiger partial charge in [0, 0.05) is 33.6 Å². The van der Waals surface area contributed by atoms with E-state index in [0.717, 1.165) is 20.9 Å². The second-order valence-electron chi connectivity index (χ2n) is 7.34. The Morgan fingerprint density at radius 2 is 2.00 bits per heavy atom. The number of para-hydroxylation sites is 1. The predicted molar refractivity (Wildman–Crippen MR) is 129 cm³/mol. The monoisotopic (exact) mass is 494 g/mol. The van der Waals surface area contributed by atoms with E-state index in [-0.39, 0.29) is 11.5 Å². The van der Waals surface area contributed by atoms with E-state index < -0.39 is 6.04 Å². The summed E-state index contributed by atoms with van der Waals surface area (Å²) < 4.78 is 9.21. The zero-order valence-corrected chi connectivity index (χ0v) is 19.7. The molecular weight excluding hydrogens is 472 g/mol. The average Bonchev–Trinajstić information content (AvgIpc) is 3.17. The Morgan fingerprint density at radius 3 is 2.75 bits per heavy atom. The van der Waals surface area contributed by atoms with E-state index in [1.165, 1.54) is 4.68 Å². The number of fused-ring (bicyclic) bond motifs is 2. The van der Waals surface area contributed by atoms with Crippen molar-refractivity contribution in [2.45, 2.75) is 33.2 Å². The molecule has 164 valence electrons. The molecule has 2 heterocycles. The Bertz CT molecular complexity index is 1400. The zero-order chi connectivity index (χ0) is 22.8. The summed E-state index contributed by atoms with van der Waals surface area (Å²) in [5.41, 5.74) is 2.09. The predicted octanol–water partition coefficient (Wildman–Crippen LogP) is 4.68. The highest BCUT2D eigenvalue weighted by atomic mass is 79.9. The van der Waals surface area contributed by atoms with Gasteiger partial charge in [-0.25, -0.2) is 9.78 Å². The molecule has 0 aliphatic rings. The van der Waals surface area contributed by atoms with E-state index in [2.05, 4.69) is 26.0 Å². The summed E-state index contributed by atoms with van der Waals surface area (Å²) >= 11 is 3.41. The van der Waals surface area contributed by atoms with Crippen LogP contribution in [0.1, 0.15) is 38.2 Å². The van der Waals surface area contributed by atoms with Crippen molar-refractivity contribution in [1.29, 1.82) is 0 Å². The number of aryl methyl sites for hydroxylation is 1. The first-order valence-corrected chi connectivity index (χ1v) is 11.3. The summed E-state index contributed by atoms with van der Waals surface area (Å²) in [5, 5.41) is 5.92. The third-order valence-corrected chi connectivity index (χ3v) is 5.81. The Morgan fingerprint density at radius 1 is 1.22 bits per heavy atom. The lowest BCUT2D eigenvalue weighted by atomic mass is 10.2. The number of rotatable bonds is 6. The van der Waals surface area contributed by atoms with Gasteiger partial charge in [0.25, 0.3) is 5.56 Å². The summed E-state index contributed by atoms with van der Waals surface area (Å²) in [5.74, 6) is 0.273. The smallest absolute Gasteiger partial charge is 0.328 e. The van der Waals surface area contributed by atoms with Gasteiger partial charge in [-0.15, -0.1) is 0 Å². The molecule has 4 rings (SSSR count). The number of esters is 1. The van der Waals surface area contributed by atoms with E-state index in [1.54, 1.807) is 26.1 Å². The van der Waals surface area contributed by atoms with Gasteiger partial charge in [0.05, 0.1) is 23.7 Å². The minimum atomic E-state index is -0.490. The van der Waals surface area contributed by atoms with Crippen LogP contribution in [0.3, 0.4) is 0 Å². The number of hydrogen-bond donors (Lipinski definition) is 0. The van der Waals surface area contributed by atoms with Gasteiger partial charge in [-0.1, -0.05) is 41.1 Å². The number of halogens is 1. The fraction of sp³-hybridized carbons (Fsp3) is 0.250. The van der Waals surface area contributed by atoms with Crippen molar-refractivity contribution in [3.05, 3.63) is 74.9 Å². The second kappa shape index (κ2) is 9.08. The molecule has 8 heteroatoms. The lowest BCUT2D eigenvalue weighted by Gasteiger charge is -2.13. The molecule has 0 bridgehead atoms. The van der Waals surface area contributed by atoms with Gasteiger partial charge >= 0.3 is 5.97 Å². The third-order valence-electron chi connectivity index (χ3n) is 5.32. The number of carbonyl (C=O) groups excluding carboxylic acids is 1. The number of ether oxygens (including phenoxy) is 1. The van der Waals surface area contributed by atoms with Crippen LogP contribution < -0.4 is 5.56 Å². The van der Waals surface area contributed by atoms with Crippen molar-refractivity contribution in [3.63, 3.8) is 0 Å². The Kier molecular flexibility index (Phi) is 6.23. The maximum absolute atomic E-state index is 13.1. The fourth-order valence-electron chi connectivity index (χ4n) is 3.69. The maximum atomic E-state index is 13.1. The molecule has 4 aromatic rings. The van der Waals surface area contributed by atoms with Crippen molar-refractivity contribution >= 4 is 49.9 Å². The maximum Gasteiger partial charge on any atom is 0.328 e. The third kappa shape index (κ3) is 3.98. The molecule has 0 N–H and O–H groups in total. The topological polar surface area (TPSA) is 78.5 Å². The summed E-state index contributed by atoms with van der Waals surface area (Å²) in [4.78, 5) is 30.1. The van der Waals surface area contributed by atoms with Crippen molar-refractivity contribution in [2.24, 2.45) is 5.10 Å². The Balaban J connectivity index is 1.83. The van der Waals surface area contributed by atoms with E-state index in [0.29, 0.717) is 29.8 Å². The first-order chi connectivity index (χ1) is 15.4. The standard InChI is InChI=1S/C24H23BrN4O3/c1-4-22-27-20-11-10-17(25)12-19(20)23(30)29(22)26-13-16-14-28(15(3)24(31)32-5-2)21-9-7-6-8-18(16)21/h6-15H,4-5H2,1-3H3/t15-/m0/s1. The molecule has 0 aliphatic carbocycles. The molecular formula is C24H23BrN4O3. The highest BCUT2D eigenvalue weighted by Crippen LogP contribution is 2.24. The molecule has 32 heavy (non-hydrogen) atoms. The molecule has 7 nitrogen and oxygen atoms in total. The Labute approximate surface area is 193 Å². The first kappa shape index (κ1) is 22.0. The average molecular weight is 495 g/mol. The molecule has 2 aromatic carbocycles. The molecule has 2 aromatic heterocycles. The van der Waals surface area contributed by atoms with Gasteiger partial charge < -0.3 is 9.30 Å². The minimum Gasteiger partial charge on any atom is -0.464 e. The summed E-state index contributed by atoms with van der Waals surface area (Å²) in [7, 11) is 0. The molecule has 0 radical (unpaired) electrons. The first-order valence-electron chi connectivity index (χ1n) is 10.5. The van der Waals surface area contributed by atoms with Crippen molar-refractivity contribution < 1.29 is 9.53 Å². The lowest BCUT2D eigenvalue weighted by Crippen LogP contribution is -2.22. The molecule has 0 amide bonds. The van der Waals surface area contributed by atoms with Crippen LogP contribution in [0.25, 0.3) is 21.8 Å². The van der Waals surface area contributed by atoms with Crippen molar-refractivity contribution in [1.82, 2.24) is 14.2 Å². The van der Waals surface area contributed by atoms with Crippen molar-refractivity contribution in [2.75, 3.05) is 6.61 Å².